The van der Waals surface area contributed by atoms with Crippen molar-refractivity contribution >= 4 is 25.5 Å². The minimum atomic E-state index is -2.27. The first-order valence-electron chi connectivity index (χ1n) is 10.6. The molecule has 0 aromatic heterocycles. The van der Waals surface area contributed by atoms with Crippen LogP contribution in [-0.4, -0.2) is 43.9 Å². The summed E-state index contributed by atoms with van der Waals surface area (Å²) < 4.78 is 5.60. The summed E-state index contributed by atoms with van der Waals surface area (Å²) in [5.74, 6) is -1.37. The Morgan fingerprint density at radius 1 is 0.750 bits per heavy atom. The zero-order chi connectivity index (χ0) is 26.4. The second kappa shape index (κ2) is 28.6. The van der Waals surface area contributed by atoms with Crippen molar-refractivity contribution in [3.63, 3.8) is 0 Å². The second-order valence-corrected chi connectivity index (χ2v) is 17.5. The summed E-state index contributed by atoms with van der Waals surface area (Å²) in [6, 6.07) is 0. The number of carbonyl (C=O) groups excluding carboxylic acids is 2. The zero-order valence-electron chi connectivity index (χ0n) is 22.1. The van der Waals surface area contributed by atoms with Gasteiger partial charge in [-0.15, -0.1) is 18.3 Å². The maximum Gasteiger partial charge on any atom is 4.00 e. The Kier molecular flexibility index (Phi) is 40.3. The first-order chi connectivity index (χ1) is 13.8. The molecule has 0 saturated carbocycles. The SMILES string of the molecule is C=C(C)C(=O)[O-].C=C(C)C(=O)[O][Ge]([CH2]C)([CH2]C)[CH2]C.CC(C)[O-].CC(C)[O-].CC(C)[O-].[Ti+4]. The second-order valence-electron chi connectivity index (χ2n) is 7.63. The van der Waals surface area contributed by atoms with E-state index in [4.69, 9.17) is 3.76 Å². The molecule has 0 aliphatic heterocycles. The average Bonchev–Trinajstić information content (AvgIpc) is 2.58. The van der Waals surface area contributed by atoms with Gasteiger partial charge in [-0.05, 0) is 12.5 Å². The molecule has 0 heterocycles. The molecule has 9 heteroatoms. The van der Waals surface area contributed by atoms with E-state index in [1.165, 1.54) is 6.92 Å². The summed E-state index contributed by atoms with van der Waals surface area (Å²) in [5.41, 5.74) is 0.584. The van der Waals surface area contributed by atoms with Gasteiger partial charge in [-0.1, -0.05) is 48.1 Å². The fourth-order valence-electron chi connectivity index (χ4n) is 1.25. The van der Waals surface area contributed by atoms with E-state index in [1.54, 1.807) is 48.5 Å². The normalized spacial score (nSPS) is 9.28. The topological polar surface area (TPSA) is 136 Å². The predicted molar refractivity (Wildman–Crippen MR) is 123 cm³/mol. The van der Waals surface area contributed by atoms with Crippen molar-refractivity contribution in [1.29, 1.82) is 0 Å². The number of hydrogen-bond donors (Lipinski definition) is 0. The van der Waals surface area contributed by atoms with E-state index < -0.39 is 37.9 Å². The van der Waals surface area contributed by atoms with E-state index in [2.05, 4.69) is 33.9 Å². The number of aliphatic carboxylic acids is 1. The minimum absolute atomic E-state index is 0. The van der Waals surface area contributed by atoms with Crippen LogP contribution >= 0.6 is 0 Å². The van der Waals surface area contributed by atoms with Crippen LogP contribution in [0.15, 0.2) is 24.3 Å². The Hall–Kier alpha value is -0.443. The molecule has 0 aromatic carbocycles. The van der Waals surface area contributed by atoms with Gasteiger partial charge in [-0.2, -0.15) is 0 Å². The summed E-state index contributed by atoms with van der Waals surface area (Å²) >= 11 is -2.27. The Labute approximate surface area is 214 Å². The van der Waals surface area contributed by atoms with Gasteiger partial charge in [0.1, 0.15) is 0 Å². The van der Waals surface area contributed by atoms with Crippen LogP contribution in [0.1, 0.15) is 76.2 Å². The molecule has 32 heavy (non-hydrogen) atoms. The molecule has 0 aliphatic rings. The van der Waals surface area contributed by atoms with Gasteiger partial charge in [0.25, 0.3) is 0 Å². The molecule has 0 fully saturated rings. The zero-order valence-corrected chi connectivity index (χ0v) is 25.8. The van der Waals surface area contributed by atoms with E-state index >= 15 is 0 Å². The maximum atomic E-state index is 11.4. The molecular formula is C23H46GeO7Ti. The molecule has 0 spiro atoms. The van der Waals surface area contributed by atoms with Crippen LogP contribution < -0.4 is 20.4 Å². The maximum absolute atomic E-state index is 11.4. The molecule has 0 saturated heterocycles. The van der Waals surface area contributed by atoms with Crippen LogP contribution in [0, 0.1) is 0 Å². The average molecular weight is 555 g/mol. The summed E-state index contributed by atoms with van der Waals surface area (Å²) in [6.07, 6.45) is -1.25. The Bertz CT molecular complexity index is 432. The molecule has 0 radical (unpaired) electrons. The van der Waals surface area contributed by atoms with Gasteiger partial charge in [0, 0.05) is 0 Å². The van der Waals surface area contributed by atoms with Crippen molar-refractivity contribution in [2.24, 2.45) is 0 Å². The van der Waals surface area contributed by atoms with Crippen LogP contribution in [0.2, 0.25) is 15.8 Å². The summed E-state index contributed by atoms with van der Waals surface area (Å²) in [6.45, 7) is 25.8. The molecular weight excluding hydrogens is 509 g/mol. The summed E-state index contributed by atoms with van der Waals surface area (Å²) in [7, 11) is 0. The Morgan fingerprint density at radius 2 is 0.938 bits per heavy atom. The molecule has 0 aromatic rings. The van der Waals surface area contributed by atoms with Crippen molar-refractivity contribution < 1.29 is 55.5 Å². The van der Waals surface area contributed by atoms with Gasteiger partial charge in [0.15, 0.2) is 0 Å². The largest absolute Gasteiger partial charge is 4.00 e. The van der Waals surface area contributed by atoms with Gasteiger partial charge in [0.05, 0.1) is 5.97 Å². The van der Waals surface area contributed by atoms with Crippen LogP contribution in [0.4, 0.5) is 0 Å². The third-order valence-corrected chi connectivity index (χ3v) is 12.3. The van der Waals surface area contributed by atoms with Gasteiger partial charge in [0.2, 0.25) is 0 Å². The number of carboxylic acids is 1. The number of carbonyl (C=O) groups is 2. The number of hydrogen-bond acceptors (Lipinski definition) is 7. The predicted octanol–water partition coefficient (Wildman–Crippen LogP) is 1.69. The van der Waals surface area contributed by atoms with Crippen molar-refractivity contribution in [2.45, 2.75) is 110 Å². The van der Waals surface area contributed by atoms with Crippen LogP contribution in [0.3, 0.4) is 0 Å². The van der Waals surface area contributed by atoms with Gasteiger partial charge >= 0.3 is 105 Å². The van der Waals surface area contributed by atoms with Crippen LogP contribution in [0.5, 0.6) is 0 Å². The van der Waals surface area contributed by atoms with E-state index in [0.29, 0.717) is 5.57 Å². The molecule has 7 nitrogen and oxygen atoms in total. The molecule has 0 N–H and O–H groups in total. The van der Waals surface area contributed by atoms with Crippen molar-refractivity contribution in [2.75, 3.05) is 0 Å². The molecule has 0 rings (SSSR count). The van der Waals surface area contributed by atoms with Crippen molar-refractivity contribution in [3.05, 3.63) is 24.3 Å². The fraction of sp³-hybridized carbons (Fsp3) is 0.739. The Morgan fingerprint density at radius 3 is 1.03 bits per heavy atom. The standard InChI is InChI=1S/C10H20GeO2.C4H6O2.3C3H7O.Ti/c1-6-11(7-2,8-3)13-10(12)9(4)5;1-3(2)4(5)6;3*1-3(2)4;/h4,6-8H2,1-3,5H3;1H2,2H3,(H,5,6);3*3H,1-2H3;/q;;3*-1;+4/p-1. The molecule has 0 atom stereocenters. The first-order valence-corrected chi connectivity index (χ1v) is 15.9. The summed E-state index contributed by atoms with van der Waals surface area (Å²) in [5, 5.41) is 41.2. The van der Waals surface area contributed by atoms with Crippen molar-refractivity contribution in [3.8, 4) is 0 Å². The first kappa shape index (κ1) is 45.1. The molecule has 0 bridgehead atoms. The number of rotatable bonds is 6. The molecule has 0 aliphatic carbocycles. The van der Waals surface area contributed by atoms with Crippen LogP contribution in [-0.2, 0) is 35.1 Å². The Balaban J connectivity index is -0.0000000744. The molecule has 188 valence electrons. The monoisotopic (exact) mass is 556 g/mol. The van der Waals surface area contributed by atoms with E-state index in [1.807, 2.05) is 0 Å². The van der Waals surface area contributed by atoms with Gasteiger partial charge in [-0.25, -0.2) is 0 Å². The van der Waals surface area contributed by atoms with E-state index in [9.17, 15) is 30.0 Å². The molecule has 0 unspecified atom stereocenters. The molecule has 0 amide bonds. The third kappa shape index (κ3) is 51.9. The van der Waals surface area contributed by atoms with Crippen molar-refractivity contribution in [1.82, 2.24) is 0 Å². The van der Waals surface area contributed by atoms with E-state index in [0.717, 1.165) is 15.8 Å². The summed E-state index contributed by atoms with van der Waals surface area (Å²) in [4.78, 5) is 20.8. The minimum Gasteiger partial charge on any atom is -0.852 e. The van der Waals surface area contributed by atoms with E-state index in [-0.39, 0.29) is 33.3 Å². The van der Waals surface area contributed by atoms with Crippen LogP contribution in [0.25, 0.3) is 0 Å². The number of carboxylic acid groups (broad SMARTS) is 1. The third-order valence-electron chi connectivity index (χ3n) is 2.94. The van der Waals surface area contributed by atoms with Gasteiger partial charge < -0.3 is 25.2 Å². The van der Waals surface area contributed by atoms with Gasteiger partial charge in [-0.3, -0.25) is 0 Å². The fourth-order valence-corrected chi connectivity index (χ4v) is 6.50. The smallest absolute Gasteiger partial charge is 0.852 e. The quantitative estimate of drug-likeness (QED) is 0.360.